The van der Waals surface area contributed by atoms with Gasteiger partial charge in [0.05, 0.1) is 10.0 Å². The molecule has 8 heteroatoms. The molecule has 1 heterocycles. The molecule has 0 saturated carbocycles. The number of amides is 1. The molecule has 1 amide bonds. The molecule has 0 spiro atoms. The van der Waals surface area contributed by atoms with Crippen LogP contribution in [0.5, 0.6) is 0 Å². The molecule has 0 fully saturated rings. The Morgan fingerprint density at radius 2 is 1.88 bits per heavy atom. The average Bonchev–Trinajstić information content (AvgIpc) is 3.08. The number of carbonyl (C=O) groups excluding carboxylic acids is 1. The van der Waals surface area contributed by atoms with E-state index >= 15 is 0 Å². The minimum absolute atomic E-state index is 0.00544. The van der Waals surface area contributed by atoms with Gasteiger partial charge in [0, 0.05) is 19.2 Å². The van der Waals surface area contributed by atoms with Crippen LogP contribution in [-0.2, 0) is 17.9 Å². The maximum Gasteiger partial charge on any atom is 0.246 e. The monoisotopic (exact) mass is 375 g/mol. The van der Waals surface area contributed by atoms with Crippen LogP contribution in [0.2, 0.25) is 10.0 Å². The number of likely N-dealkylation sites (N-methyl/N-ethyl adjacent to an activating group) is 1. The van der Waals surface area contributed by atoms with Gasteiger partial charge in [-0.2, -0.15) is 4.80 Å². The topological polar surface area (TPSA) is 63.9 Å². The van der Waals surface area contributed by atoms with Crippen molar-refractivity contribution < 1.29 is 4.79 Å². The molecule has 2 aromatic carbocycles. The van der Waals surface area contributed by atoms with Crippen molar-refractivity contribution in [3.63, 3.8) is 0 Å². The van der Waals surface area contributed by atoms with Crippen LogP contribution in [-0.4, -0.2) is 38.1 Å². The Kier molecular flexibility index (Phi) is 5.31. The second-order valence-corrected chi connectivity index (χ2v) is 6.26. The number of tetrazole rings is 1. The van der Waals surface area contributed by atoms with Crippen LogP contribution < -0.4 is 0 Å². The Labute approximate surface area is 155 Å². The fourth-order valence-corrected chi connectivity index (χ4v) is 2.65. The van der Waals surface area contributed by atoms with Gasteiger partial charge in [0.25, 0.3) is 0 Å². The molecule has 0 aliphatic rings. The van der Waals surface area contributed by atoms with Crippen molar-refractivity contribution in [2.24, 2.45) is 0 Å². The predicted octanol–water partition coefficient (Wildman–Crippen LogP) is 3.31. The van der Waals surface area contributed by atoms with E-state index in [0.29, 0.717) is 22.4 Å². The van der Waals surface area contributed by atoms with Crippen LogP contribution in [0, 0.1) is 0 Å². The zero-order chi connectivity index (χ0) is 17.8. The molecule has 0 saturated heterocycles. The summed E-state index contributed by atoms with van der Waals surface area (Å²) in [6.45, 7) is 0.340. The van der Waals surface area contributed by atoms with E-state index in [1.807, 2.05) is 36.4 Å². The first-order valence-electron chi connectivity index (χ1n) is 7.54. The van der Waals surface area contributed by atoms with Crippen molar-refractivity contribution in [3.05, 3.63) is 64.1 Å². The normalized spacial score (nSPS) is 10.7. The van der Waals surface area contributed by atoms with Crippen molar-refractivity contribution in [2.45, 2.75) is 13.1 Å². The molecule has 3 rings (SSSR count). The highest BCUT2D eigenvalue weighted by Crippen LogP contribution is 2.26. The molecule has 0 bridgehead atoms. The van der Waals surface area contributed by atoms with Gasteiger partial charge in [-0.25, -0.2) is 0 Å². The van der Waals surface area contributed by atoms with E-state index < -0.39 is 0 Å². The molecule has 0 aliphatic heterocycles. The molecular weight excluding hydrogens is 361 g/mol. The Bertz CT molecular complexity index is 882. The van der Waals surface area contributed by atoms with Crippen LogP contribution in [0.25, 0.3) is 11.4 Å². The third-order valence-electron chi connectivity index (χ3n) is 3.63. The molecule has 1 aromatic heterocycles. The molecular formula is C17H15Cl2N5O. The lowest BCUT2D eigenvalue weighted by atomic mass is 10.2. The molecule has 128 valence electrons. The van der Waals surface area contributed by atoms with E-state index in [-0.39, 0.29) is 12.5 Å². The predicted molar refractivity (Wildman–Crippen MR) is 96.2 cm³/mol. The largest absolute Gasteiger partial charge is 0.340 e. The second-order valence-electron chi connectivity index (χ2n) is 5.47. The third kappa shape index (κ3) is 4.15. The van der Waals surface area contributed by atoms with Crippen molar-refractivity contribution in [2.75, 3.05) is 7.05 Å². The van der Waals surface area contributed by atoms with E-state index in [9.17, 15) is 4.79 Å². The number of carbonyl (C=O) groups is 1. The SMILES string of the molecule is CN(Cc1cccc(Cl)c1Cl)C(=O)Cn1nnc(-c2ccccc2)n1. The summed E-state index contributed by atoms with van der Waals surface area (Å²) in [6, 6.07) is 14.8. The molecule has 0 N–H and O–H groups in total. The summed E-state index contributed by atoms with van der Waals surface area (Å²) in [4.78, 5) is 15.2. The maximum absolute atomic E-state index is 12.4. The Balaban J connectivity index is 1.66. The van der Waals surface area contributed by atoms with Gasteiger partial charge in [0.1, 0.15) is 6.54 Å². The van der Waals surface area contributed by atoms with Crippen LogP contribution in [0.15, 0.2) is 48.5 Å². The van der Waals surface area contributed by atoms with Gasteiger partial charge in [-0.3, -0.25) is 4.79 Å². The lowest BCUT2D eigenvalue weighted by Gasteiger charge is -2.17. The first kappa shape index (κ1) is 17.4. The highest BCUT2D eigenvalue weighted by molar-refractivity contribution is 6.42. The third-order valence-corrected chi connectivity index (χ3v) is 4.48. The summed E-state index contributed by atoms with van der Waals surface area (Å²) < 4.78 is 0. The Hall–Kier alpha value is -2.44. The molecule has 6 nitrogen and oxygen atoms in total. The summed E-state index contributed by atoms with van der Waals surface area (Å²) >= 11 is 12.2. The van der Waals surface area contributed by atoms with Crippen molar-refractivity contribution in [1.29, 1.82) is 0 Å². The molecule has 25 heavy (non-hydrogen) atoms. The molecule has 0 atom stereocenters. The van der Waals surface area contributed by atoms with E-state index in [1.165, 1.54) is 4.80 Å². The number of rotatable bonds is 5. The lowest BCUT2D eigenvalue weighted by Crippen LogP contribution is -2.30. The van der Waals surface area contributed by atoms with Gasteiger partial charge in [0.15, 0.2) is 0 Å². The first-order chi connectivity index (χ1) is 12.0. The van der Waals surface area contributed by atoms with Crippen molar-refractivity contribution >= 4 is 29.1 Å². The zero-order valence-corrected chi connectivity index (χ0v) is 14.9. The van der Waals surface area contributed by atoms with Crippen molar-refractivity contribution in [3.8, 4) is 11.4 Å². The maximum atomic E-state index is 12.4. The van der Waals surface area contributed by atoms with Gasteiger partial charge < -0.3 is 4.90 Å². The van der Waals surface area contributed by atoms with Gasteiger partial charge >= 0.3 is 0 Å². The number of halogens is 2. The molecule has 0 unspecified atom stereocenters. The van der Waals surface area contributed by atoms with Crippen LogP contribution in [0.1, 0.15) is 5.56 Å². The highest BCUT2D eigenvalue weighted by atomic mass is 35.5. The smallest absolute Gasteiger partial charge is 0.246 e. The lowest BCUT2D eigenvalue weighted by molar-refractivity contribution is -0.131. The van der Waals surface area contributed by atoms with E-state index in [0.717, 1.165) is 11.1 Å². The summed E-state index contributed by atoms with van der Waals surface area (Å²) in [5.41, 5.74) is 1.63. The van der Waals surface area contributed by atoms with Gasteiger partial charge in [0.2, 0.25) is 11.7 Å². The fourth-order valence-electron chi connectivity index (χ4n) is 2.27. The van der Waals surface area contributed by atoms with E-state index in [1.54, 1.807) is 24.1 Å². The standard InChI is InChI=1S/C17H15Cl2N5O/c1-23(10-13-8-5-9-14(18)16(13)19)15(25)11-24-21-17(20-22-24)12-6-3-2-4-7-12/h2-9H,10-11H2,1H3. The average molecular weight is 376 g/mol. The number of hydrogen-bond donors (Lipinski definition) is 0. The Morgan fingerprint density at radius 1 is 1.12 bits per heavy atom. The van der Waals surface area contributed by atoms with Crippen LogP contribution in [0.4, 0.5) is 0 Å². The summed E-state index contributed by atoms with van der Waals surface area (Å²) in [5.74, 6) is 0.321. The van der Waals surface area contributed by atoms with Gasteiger partial charge in [-0.15, -0.1) is 10.2 Å². The molecule has 0 aliphatic carbocycles. The van der Waals surface area contributed by atoms with Gasteiger partial charge in [-0.1, -0.05) is 65.7 Å². The first-order valence-corrected chi connectivity index (χ1v) is 8.30. The zero-order valence-electron chi connectivity index (χ0n) is 13.4. The van der Waals surface area contributed by atoms with Gasteiger partial charge in [-0.05, 0) is 16.8 Å². The fraction of sp³-hybridized carbons (Fsp3) is 0.176. The molecule has 3 aromatic rings. The van der Waals surface area contributed by atoms with Crippen molar-refractivity contribution in [1.82, 2.24) is 25.1 Å². The van der Waals surface area contributed by atoms with Crippen LogP contribution >= 0.6 is 23.2 Å². The summed E-state index contributed by atoms with van der Waals surface area (Å²) in [6.07, 6.45) is 0. The molecule has 0 radical (unpaired) electrons. The number of aromatic nitrogens is 4. The number of benzene rings is 2. The number of hydrogen-bond acceptors (Lipinski definition) is 4. The Morgan fingerprint density at radius 3 is 2.64 bits per heavy atom. The minimum Gasteiger partial charge on any atom is -0.340 e. The summed E-state index contributed by atoms with van der Waals surface area (Å²) in [7, 11) is 1.69. The quantitative estimate of drug-likeness (QED) is 0.686. The second kappa shape index (κ2) is 7.63. The van der Waals surface area contributed by atoms with E-state index in [2.05, 4.69) is 15.4 Å². The number of nitrogens with zero attached hydrogens (tertiary/aromatic N) is 5. The van der Waals surface area contributed by atoms with Crippen LogP contribution in [0.3, 0.4) is 0 Å². The van der Waals surface area contributed by atoms with E-state index in [4.69, 9.17) is 23.2 Å². The minimum atomic E-state index is -0.159. The highest BCUT2D eigenvalue weighted by Gasteiger charge is 2.15. The summed E-state index contributed by atoms with van der Waals surface area (Å²) in [5, 5.41) is 13.1.